The minimum atomic E-state index is 0. The van der Waals surface area contributed by atoms with Gasteiger partial charge in [0.05, 0.1) is 0 Å². The fourth-order valence-corrected chi connectivity index (χ4v) is 1.50. The fourth-order valence-electron chi connectivity index (χ4n) is 1.50. The summed E-state index contributed by atoms with van der Waals surface area (Å²) in [6, 6.07) is 0. The molecule has 0 aliphatic rings. The number of hydrogen-bond donors (Lipinski definition) is 1. The molecule has 0 aliphatic carbocycles. The van der Waals surface area contributed by atoms with Crippen LogP contribution in [0.3, 0.4) is 0 Å². The maximum Gasteiger partial charge on any atom is -0.0346 e. The van der Waals surface area contributed by atoms with E-state index in [1.165, 1.54) is 25.7 Å². The lowest BCUT2D eigenvalue weighted by molar-refractivity contribution is 0.864. The second-order valence-corrected chi connectivity index (χ2v) is 2.62. The van der Waals surface area contributed by atoms with E-state index in [2.05, 4.69) is 27.7 Å². The minimum Gasteiger partial charge on any atom is -0.344 e. The zero-order valence-electron chi connectivity index (χ0n) is 9.35. The van der Waals surface area contributed by atoms with Gasteiger partial charge in [-0.05, 0) is 25.7 Å². The van der Waals surface area contributed by atoms with Gasteiger partial charge < -0.3 is 6.15 Å². The Morgan fingerprint density at radius 2 is 0.769 bits per heavy atom. The Morgan fingerprint density at radius 1 is 0.615 bits per heavy atom. The molecule has 0 radical (unpaired) electrons. The first-order valence-corrected chi connectivity index (χ1v) is 4.49. The summed E-state index contributed by atoms with van der Waals surface area (Å²) in [5, 5.41) is 0. The summed E-state index contributed by atoms with van der Waals surface area (Å²) in [5.41, 5.74) is 3.34. The highest BCUT2D eigenvalue weighted by Crippen LogP contribution is 2.17. The summed E-state index contributed by atoms with van der Waals surface area (Å²) < 4.78 is 0. The lowest BCUT2D eigenvalue weighted by Crippen LogP contribution is -1.87. The van der Waals surface area contributed by atoms with Crippen LogP contribution in [0, 0.1) is 0 Å². The second-order valence-electron chi connectivity index (χ2n) is 2.62. The zero-order valence-corrected chi connectivity index (χ0v) is 12.8. The van der Waals surface area contributed by atoms with E-state index in [1.54, 1.807) is 11.1 Å². The zero-order chi connectivity index (χ0) is 7.98. The van der Waals surface area contributed by atoms with Gasteiger partial charge >= 0.3 is 0 Å². The Morgan fingerprint density at radius 3 is 0.846 bits per heavy atom. The van der Waals surface area contributed by atoms with Gasteiger partial charge in [-0.1, -0.05) is 38.8 Å². The van der Waals surface area contributed by atoms with Gasteiger partial charge in [-0.2, -0.15) is 0 Å². The van der Waals surface area contributed by atoms with Crippen molar-refractivity contribution in [3.05, 3.63) is 11.1 Å². The third kappa shape index (κ3) is 8.98. The monoisotopic (exact) mass is 317 g/mol. The Hall–Kier alpha value is 0.660. The van der Waals surface area contributed by atoms with Crippen LogP contribution < -0.4 is 6.15 Å². The average Bonchev–Trinajstić information content (AvgIpc) is 2.00. The Balaban J connectivity index is -0.000000135. The fraction of sp³-hybridized carbons (Fsp3) is 0.800. The third-order valence-corrected chi connectivity index (χ3v) is 2.21. The number of halogens is 2. The molecule has 1 nitrogen and oxygen atoms in total. The Labute approximate surface area is 104 Å². The van der Waals surface area contributed by atoms with E-state index in [0.717, 1.165) is 0 Å². The van der Waals surface area contributed by atoms with Gasteiger partial charge in [0.25, 0.3) is 0 Å². The van der Waals surface area contributed by atoms with Crippen molar-refractivity contribution < 1.29 is 0 Å². The normalized spacial score (nSPS) is 7.38. The highest BCUT2D eigenvalue weighted by atomic mass is 79.9. The van der Waals surface area contributed by atoms with Crippen molar-refractivity contribution in [2.75, 3.05) is 0 Å². The molecule has 0 heterocycles. The summed E-state index contributed by atoms with van der Waals surface area (Å²) in [4.78, 5) is 0. The quantitative estimate of drug-likeness (QED) is 0.707. The predicted octanol–water partition coefficient (Wildman–Crippen LogP) is 5.24. The van der Waals surface area contributed by atoms with Gasteiger partial charge in [-0.25, -0.2) is 0 Å². The molecule has 0 aromatic rings. The minimum absolute atomic E-state index is 0. The van der Waals surface area contributed by atoms with Gasteiger partial charge in [-0.15, -0.1) is 34.0 Å². The molecule has 3 N–H and O–H groups in total. The molecular weight excluding hydrogens is 294 g/mol. The van der Waals surface area contributed by atoms with Crippen LogP contribution in [-0.4, -0.2) is 0 Å². The van der Waals surface area contributed by atoms with E-state index in [0.29, 0.717) is 0 Å². The van der Waals surface area contributed by atoms with Gasteiger partial charge in [0.2, 0.25) is 0 Å². The molecule has 0 saturated heterocycles. The van der Waals surface area contributed by atoms with Crippen molar-refractivity contribution in [3.8, 4) is 0 Å². The van der Waals surface area contributed by atoms with E-state index in [9.17, 15) is 0 Å². The van der Waals surface area contributed by atoms with Crippen LogP contribution in [-0.2, 0) is 0 Å². The molecule has 13 heavy (non-hydrogen) atoms. The first-order valence-electron chi connectivity index (χ1n) is 4.49. The maximum atomic E-state index is 2.25. The highest BCUT2D eigenvalue weighted by molar-refractivity contribution is 8.93. The van der Waals surface area contributed by atoms with Crippen LogP contribution in [0.5, 0.6) is 0 Å². The summed E-state index contributed by atoms with van der Waals surface area (Å²) in [6.07, 6.45) is 4.97. The van der Waals surface area contributed by atoms with Crippen molar-refractivity contribution in [1.29, 1.82) is 0 Å². The lowest BCUT2D eigenvalue weighted by atomic mass is 9.99. The topological polar surface area (TPSA) is 35.0 Å². The molecule has 0 aromatic heterocycles. The SMILES string of the molecule is Br.Br.CCC(CC)=C(CC)CC.N. The molecule has 0 saturated carbocycles. The molecule has 0 rings (SSSR count). The highest BCUT2D eigenvalue weighted by Gasteiger charge is 1.97. The number of allylic oxidation sites excluding steroid dienone is 2. The molecule has 0 fully saturated rings. The van der Waals surface area contributed by atoms with E-state index in [-0.39, 0.29) is 40.1 Å². The molecule has 0 unspecified atom stereocenters. The maximum absolute atomic E-state index is 2.25. The van der Waals surface area contributed by atoms with Crippen molar-refractivity contribution in [2.24, 2.45) is 0 Å². The molecular formula is C10H25Br2N. The Kier molecular flexibility index (Phi) is 27.3. The van der Waals surface area contributed by atoms with Crippen molar-refractivity contribution in [1.82, 2.24) is 6.15 Å². The summed E-state index contributed by atoms with van der Waals surface area (Å²) in [7, 11) is 0. The van der Waals surface area contributed by atoms with Gasteiger partial charge in [0, 0.05) is 0 Å². The predicted molar refractivity (Wildman–Crippen MR) is 73.9 cm³/mol. The van der Waals surface area contributed by atoms with Crippen molar-refractivity contribution in [3.63, 3.8) is 0 Å². The van der Waals surface area contributed by atoms with E-state index in [1.807, 2.05) is 0 Å². The molecule has 0 aromatic carbocycles. The molecule has 0 atom stereocenters. The van der Waals surface area contributed by atoms with Crippen LogP contribution in [0.4, 0.5) is 0 Å². The van der Waals surface area contributed by atoms with Crippen molar-refractivity contribution >= 4 is 34.0 Å². The summed E-state index contributed by atoms with van der Waals surface area (Å²) in [6.45, 7) is 9.02. The van der Waals surface area contributed by atoms with Gasteiger partial charge in [0.1, 0.15) is 0 Å². The molecule has 0 bridgehead atoms. The molecule has 84 valence electrons. The van der Waals surface area contributed by atoms with Crippen molar-refractivity contribution in [2.45, 2.75) is 53.4 Å². The largest absolute Gasteiger partial charge is 0.344 e. The van der Waals surface area contributed by atoms with Crippen LogP contribution in [0.15, 0.2) is 11.1 Å². The summed E-state index contributed by atoms with van der Waals surface area (Å²) >= 11 is 0. The average molecular weight is 319 g/mol. The van der Waals surface area contributed by atoms with Crippen LogP contribution in [0.2, 0.25) is 0 Å². The first kappa shape index (κ1) is 23.5. The second kappa shape index (κ2) is 15.1. The van der Waals surface area contributed by atoms with Gasteiger partial charge in [-0.3, -0.25) is 0 Å². The third-order valence-electron chi connectivity index (χ3n) is 2.21. The van der Waals surface area contributed by atoms with E-state index >= 15 is 0 Å². The molecule has 0 spiro atoms. The number of rotatable bonds is 4. The Bertz CT molecular complexity index is 96.1. The lowest BCUT2D eigenvalue weighted by Gasteiger charge is -2.07. The van der Waals surface area contributed by atoms with Crippen LogP contribution >= 0.6 is 34.0 Å². The molecule has 0 amide bonds. The van der Waals surface area contributed by atoms with Gasteiger partial charge in [0.15, 0.2) is 0 Å². The molecule has 3 heteroatoms. The van der Waals surface area contributed by atoms with Crippen LogP contribution in [0.25, 0.3) is 0 Å². The number of hydrogen-bond acceptors (Lipinski definition) is 1. The smallest absolute Gasteiger partial charge is 0.0346 e. The molecule has 0 aliphatic heterocycles. The van der Waals surface area contributed by atoms with Crippen LogP contribution in [0.1, 0.15) is 53.4 Å². The standard InChI is InChI=1S/C10H20.2BrH.H3N/c1-5-9(6-2)10(7-3)8-4;;;/h5-8H2,1-4H3;2*1H;1H3. The summed E-state index contributed by atoms with van der Waals surface area (Å²) in [5.74, 6) is 0. The van der Waals surface area contributed by atoms with E-state index in [4.69, 9.17) is 0 Å². The first-order chi connectivity index (χ1) is 4.79. The van der Waals surface area contributed by atoms with E-state index < -0.39 is 0 Å².